The fourth-order valence-corrected chi connectivity index (χ4v) is 3.19. The average Bonchev–Trinajstić information content (AvgIpc) is 3.10. The Hall–Kier alpha value is -3.51. The average molecular weight is 405 g/mol. The summed E-state index contributed by atoms with van der Waals surface area (Å²) in [7, 11) is 0. The van der Waals surface area contributed by atoms with Crippen LogP contribution in [0.3, 0.4) is 0 Å². The maximum atomic E-state index is 12.8. The number of nitrogens with one attached hydrogen (secondary N) is 1. The van der Waals surface area contributed by atoms with Crippen LogP contribution in [0.15, 0.2) is 73.1 Å². The number of fused-ring (bicyclic) bond motifs is 1. The molecule has 0 bridgehead atoms. The molecule has 0 aliphatic carbocycles. The number of carbonyl (C=O) groups excluding carboxylic acids is 2. The van der Waals surface area contributed by atoms with Crippen LogP contribution in [-0.2, 0) is 13.1 Å². The third-order valence-corrected chi connectivity index (χ3v) is 4.78. The van der Waals surface area contributed by atoms with E-state index in [2.05, 4.69) is 15.3 Å². The van der Waals surface area contributed by atoms with Crippen molar-refractivity contribution in [2.24, 2.45) is 0 Å². The Morgan fingerprint density at radius 3 is 2.52 bits per heavy atom. The number of aromatic nitrogens is 3. The van der Waals surface area contributed by atoms with Crippen LogP contribution in [0.1, 0.15) is 26.5 Å². The first-order chi connectivity index (χ1) is 14.1. The van der Waals surface area contributed by atoms with Gasteiger partial charge in [0, 0.05) is 23.0 Å². The van der Waals surface area contributed by atoms with Crippen LogP contribution in [0.2, 0.25) is 5.02 Å². The lowest BCUT2D eigenvalue weighted by atomic mass is 10.1. The lowest BCUT2D eigenvalue weighted by molar-refractivity contribution is 0.0949. The van der Waals surface area contributed by atoms with E-state index >= 15 is 0 Å². The van der Waals surface area contributed by atoms with E-state index in [1.807, 2.05) is 28.8 Å². The normalized spacial score (nSPS) is 10.8. The number of benzene rings is 2. The van der Waals surface area contributed by atoms with Gasteiger partial charge in [-0.3, -0.25) is 14.6 Å². The highest BCUT2D eigenvalue weighted by atomic mass is 35.5. The molecule has 2 aromatic carbocycles. The van der Waals surface area contributed by atoms with E-state index in [4.69, 9.17) is 11.6 Å². The second kappa shape index (κ2) is 8.24. The first-order valence-corrected chi connectivity index (χ1v) is 9.41. The minimum atomic E-state index is -0.249. The number of para-hydroxylation sites is 2. The number of rotatable bonds is 6. The predicted octanol–water partition coefficient (Wildman–Crippen LogP) is 3.90. The molecular formula is C22H17ClN4O2. The van der Waals surface area contributed by atoms with Crippen LogP contribution in [0.4, 0.5) is 0 Å². The summed E-state index contributed by atoms with van der Waals surface area (Å²) in [5, 5.41) is 3.42. The Labute approximate surface area is 172 Å². The molecule has 0 aliphatic heterocycles. The maximum Gasteiger partial charge on any atom is 0.253 e. The summed E-state index contributed by atoms with van der Waals surface area (Å²) in [5.41, 5.74) is 2.63. The maximum absolute atomic E-state index is 12.8. The van der Waals surface area contributed by atoms with Gasteiger partial charge in [-0.1, -0.05) is 23.7 Å². The highest BCUT2D eigenvalue weighted by molar-refractivity contribution is 6.30. The molecule has 2 heterocycles. The molecule has 7 heteroatoms. The van der Waals surface area contributed by atoms with Gasteiger partial charge in [-0.15, -0.1) is 0 Å². The van der Waals surface area contributed by atoms with E-state index in [1.54, 1.807) is 42.6 Å². The quantitative estimate of drug-likeness (QED) is 0.494. The van der Waals surface area contributed by atoms with Crippen molar-refractivity contribution in [2.75, 3.05) is 0 Å². The third kappa shape index (κ3) is 4.17. The standard InChI is InChI=1S/C22H17ClN4O2/c23-17-9-7-15(8-10-17)20(28)14-27-19-6-2-1-5-18(19)26-21(27)13-25-22(29)16-4-3-11-24-12-16/h1-12H,13-14H2,(H,25,29). The molecule has 144 valence electrons. The van der Waals surface area contributed by atoms with Crippen molar-refractivity contribution < 1.29 is 9.59 Å². The molecular weight excluding hydrogens is 388 g/mol. The molecule has 0 atom stereocenters. The summed E-state index contributed by atoms with van der Waals surface area (Å²) >= 11 is 5.91. The van der Waals surface area contributed by atoms with E-state index in [1.165, 1.54) is 6.20 Å². The van der Waals surface area contributed by atoms with Crippen molar-refractivity contribution in [1.29, 1.82) is 0 Å². The van der Waals surface area contributed by atoms with Gasteiger partial charge >= 0.3 is 0 Å². The summed E-state index contributed by atoms with van der Waals surface area (Å²) in [5.74, 6) is 0.288. The Bertz CT molecular complexity index is 1170. The van der Waals surface area contributed by atoms with E-state index in [9.17, 15) is 9.59 Å². The first-order valence-electron chi connectivity index (χ1n) is 9.03. The minimum absolute atomic E-state index is 0.0651. The fraction of sp³-hybridized carbons (Fsp3) is 0.0909. The van der Waals surface area contributed by atoms with E-state index < -0.39 is 0 Å². The van der Waals surface area contributed by atoms with Crippen LogP contribution < -0.4 is 5.32 Å². The Kier molecular flexibility index (Phi) is 5.35. The summed E-state index contributed by atoms with van der Waals surface area (Å²) in [6, 6.07) is 17.7. The zero-order chi connectivity index (χ0) is 20.2. The molecule has 0 unspecified atom stereocenters. The summed E-state index contributed by atoms with van der Waals surface area (Å²) in [6.07, 6.45) is 3.11. The number of imidazole rings is 1. The van der Waals surface area contributed by atoms with Crippen LogP contribution in [0.25, 0.3) is 11.0 Å². The van der Waals surface area contributed by atoms with Crippen LogP contribution >= 0.6 is 11.6 Å². The molecule has 0 saturated heterocycles. The second-order valence-corrected chi connectivity index (χ2v) is 6.89. The summed E-state index contributed by atoms with van der Waals surface area (Å²) in [6.45, 7) is 0.302. The van der Waals surface area contributed by atoms with Gasteiger partial charge in [0.1, 0.15) is 5.82 Å². The van der Waals surface area contributed by atoms with Crippen molar-refractivity contribution in [2.45, 2.75) is 13.1 Å². The molecule has 0 spiro atoms. The van der Waals surface area contributed by atoms with Crippen molar-refractivity contribution in [1.82, 2.24) is 19.9 Å². The number of Topliss-reactive ketones (excluding diaryl/α,β-unsaturated/α-hetero) is 1. The number of hydrogen-bond donors (Lipinski definition) is 1. The summed E-state index contributed by atoms with van der Waals surface area (Å²) in [4.78, 5) is 33.7. The molecule has 29 heavy (non-hydrogen) atoms. The molecule has 0 radical (unpaired) electrons. The van der Waals surface area contributed by atoms with Gasteiger partial charge in [-0.25, -0.2) is 4.98 Å². The number of carbonyl (C=O) groups is 2. The zero-order valence-corrected chi connectivity index (χ0v) is 16.1. The summed E-state index contributed by atoms with van der Waals surface area (Å²) < 4.78 is 1.83. The van der Waals surface area contributed by atoms with E-state index in [0.29, 0.717) is 22.0 Å². The number of amides is 1. The Balaban J connectivity index is 1.59. The number of nitrogens with zero attached hydrogens (tertiary/aromatic N) is 3. The molecule has 1 N–H and O–H groups in total. The molecule has 2 aromatic heterocycles. The lowest BCUT2D eigenvalue weighted by Gasteiger charge is -2.10. The topological polar surface area (TPSA) is 76.9 Å². The van der Waals surface area contributed by atoms with Gasteiger partial charge in [0.05, 0.1) is 29.7 Å². The number of hydrogen-bond acceptors (Lipinski definition) is 4. The SMILES string of the molecule is O=C(Cn1c(CNC(=O)c2cccnc2)nc2ccccc21)c1ccc(Cl)cc1. The molecule has 0 aliphatic rings. The van der Waals surface area contributed by atoms with Crippen molar-refractivity contribution in [3.63, 3.8) is 0 Å². The number of halogens is 1. The number of pyridine rings is 1. The largest absolute Gasteiger partial charge is 0.345 e. The van der Waals surface area contributed by atoms with Gasteiger partial charge in [0.25, 0.3) is 5.91 Å². The van der Waals surface area contributed by atoms with Crippen LogP contribution in [-0.4, -0.2) is 26.2 Å². The van der Waals surface area contributed by atoms with Gasteiger partial charge < -0.3 is 9.88 Å². The molecule has 4 aromatic rings. The highest BCUT2D eigenvalue weighted by Crippen LogP contribution is 2.18. The molecule has 1 amide bonds. The lowest BCUT2D eigenvalue weighted by Crippen LogP contribution is -2.25. The van der Waals surface area contributed by atoms with Crippen molar-refractivity contribution >= 4 is 34.3 Å². The predicted molar refractivity (Wildman–Crippen MR) is 111 cm³/mol. The van der Waals surface area contributed by atoms with Gasteiger partial charge in [-0.05, 0) is 48.5 Å². The Morgan fingerprint density at radius 2 is 1.76 bits per heavy atom. The van der Waals surface area contributed by atoms with E-state index in [-0.39, 0.29) is 24.8 Å². The van der Waals surface area contributed by atoms with Gasteiger partial charge in [0.2, 0.25) is 0 Å². The second-order valence-electron chi connectivity index (χ2n) is 6.46. The molecule has 6 nitrogen and oxygen atoms in total. The monoisotopic (exact) mass is 404 g/mol. The molecule has 4 rings (SSSR count). The molecule has 0 fully saturated rings. The Morgan fingerprint density at radius 1 is 0.966 bits per heavy atom. The van der Waals surface area contributed by atoms with Crippen molar-refractivity contribution in [3.8, 4) is 0 Å². The van der Waals surface area contributed by atoms with Crippen LogP contribution in [0.5, 0.6) is 0 Å². The smallest absolute Gasteiger partial charge is 0.253 e. The highest BCUT2D eigenvalue weighted by Gasteiger charge is 2.16. The molecule has 0 saturated carbocycles. The van der Waals surface area contributed by atoms with Gasteiger partial charge in [0.15, 0.2) is 5.78 Å². The third-order valence-electron chi connectivity index (χ3n) is 4.53. The number of ketones is 1. The fourth-order valence-electron chi connectivity index (χ4n) is 3.07. The van der Waals surface area contributed by atoms with E-state index in [0.717, 1.165) is 11.0 Å². The first kappa shape index (κ1) is 18.8. The van der Waals surface area contributed by atoms with Crippen molar-refractivity contribution in [3.05, 3.63) is 95.0 Å². The minimum Gasteiger partial charge on any atom is -0.345 e. The zero-order valence-electron chi connectivity index (χ0n) is 15.4. The van der Waals surface area contributed by atoms with Crippen LogP contribution in [0, 0.1) is 0 Å². The van der Waals surface area contributed by atoms with Gasteiger partial charge in [-0.2, -0.15) is 0 Å².